The Kier molecular flexibility index (Phi) is 6.29. The maximum absolute atomic E-state index is 12.8. The number of anilines is 2. The molecule has 3 aromatic carbocycles. The van der Waals surface area contributed by atoms with Crippen molar-refractivity contribution >= 4 is 17.4 Å². The molecule has 1 fully saturated rings. The van der Waals surface area contributed by atoms with Gasteiger partial charge in [0, 0.05) is 37.9 Å². The summed E-state index contributed by atoms with van der Waals surface area (Å²) in [4.78, 5) is 16.9. The Morgan fingerprint density at radius 2 is 1.76 bits per heavy atom. The van der Waals surface area contributed by atoms with E-state index in [0.717, 1.165) is 41.5 Å². The zero-order valence-electron chi connectivity index (χ0n) is 19.0. The van der Waals surface area contributed by atoms with Gasteiger partial charge in [0.1, 0.15) is 18.1 Å². The summed E-state index contributed by atoms with van der Waals surface area (Å²) >= 11 is 0. The van der Waals surface area contributed by atoms with Gasteiger partial charge >= 0.3 is 6.03 Å². The third-order valence-corrected chi connectivity index (χ3v) is 5.92. The Labute approximate surface area is 198 Å². The molecule has 8 heteroatoms. The van der Waals surface area contributed by atoms with Crippen molar-refractivity contribution < 1.29 is 23.7 Å². The van der Waals surface area contributed by atoms with Crippen LogP contribution in [0.2, 0.25) is 0 Å². The van der Waals surface area contributed by atoms with E-state index in [1.807, 2.05) is 71.6 Å². The minimum Gasteiger partial charge on any atom is -0.495 e. The van der Waals surface area contributed by atoms with Crippen molar-refractivity contribution in [1.82, 2.24) is 4.90 Å². The SMILES string of the molecule is COc1ccccc1N1CCN(C(=O)Nc2cccc(COc3ccc4c(c3)OCO4)c2)CC1. The second-order valence-corrected chi connectivity index (χ2v) is 8.08. The Hall–Kier alpha value is -4.07. The van der Waals surface area contributed by atoms with Crippen LogP contribution in [-0.2, 0) is 6.61 Å². The summed E-state index contributed by atoms with van der Waals surface area (Å²) in [5, 5.41) is 3.01. The lowest BCUT2D eigenvalue weighted by atomic mass is 10.2. The third kappa shape index (κ3) is 4.80. The summed E-state index contributed by atoms with van der Waals surface area (Å²) in [6.45, 7) is 3.37. The molecule has 1 saturated heterocycles. The first kappa shape index (κ1) is 21.8. The number of carbonyl (C=O) groups excluding carboxylic acids is 1. The number of hydrogen-bond acceptors (Lipinski definition) is 6. The highest BCUT2D eigenvalue weighted by Gasteiger charge is 2.23. The van der Waals surface area contributed by atoms with Crippen molar-refractivity contribution in [2.75, 3.05) is 50.3 Å². The van der Waals surface area contributed by atoms with Gasteiger partial charge in [-0.1, -0.05) is 24.3 Å². The lowest BCUT2D eigenvalue weighted by Gasteiger charge is -2.36. The lowest BCUT2D eigenvalue weighted by molar-refractivity contribution is 0.173. The summed E-state index contributed by atoms with van der Waals surface area (Å²) in [7, 11) is 1.68. The average molecular weight is 462 g/mol. The van der Waals surface area contributed by atoms with Crippen molar-refractivity contribution in [3.05, 3.63) is 72.3 Å². The van der Waals surface area contributed by atoms with Crippen LogP contribution in [0.3, 0.4) is 0 Å². The number of para-hydroxylation sites is 2. The second-order valence-electron chi connectivity index (χ2n) is 8.08. The summed E-state index contributed by atoms with van der Waals surface area (Å²) in [6, 6.07) is 21.0. The van der Waals surface area contributed by atoms with Crippen LogP contribution in [-0.4, -0.2) is 51.0 Å². The summed E-state index contributed by atoms with van der Waals surface area (Å²) in [5.74, 6) is 2.96. The van der Waals surface area contributed by atoms with E-state index in [1.54, 1.807) is 7.11 Å². The molecule has 176 valence electrons. The number of carbonyl (C=O) groups is 1. The van der Waals surface area contributed by atoms with E-state index in [1.165, 1.54) is 0 Å². The first-order valence-corrected chi connectivity index (χ1v) is 11.2. The van der Waals surface area contributed by atoms with Gasteiger partial charge in [-0.05, 0) is 42.0 Å². The molecule has 0 saturated carbocycles. The third-order valence-electron chi connectivity index (χ3n) is 5.92. The highest BCUT2D eigenvalue weighted by atomic mass is 16.7. The van der Waals surface area contributed by atoms with E-state index in [0.29, 0.717) is 31.2 Å². The number of amides is 2. The van der Waals surface area contributed by atoms with Gasteiger partial charge in [0.05, 0.1) is 12.8 Å². The Morgan fingerprint density at radius 1 is 0.941 bits per heavy atom. The molecule has 2 aliphatic rings. The zero-order valence-corrected chi connectivity index (χ0v) is 19.0. The van der Waals surface area contributed by atoms with Crippen LogP contribution in [0.1, 0.15) is 5.56 Å². The standard InChI is InChI=1S/C26H27N3O5/c1-31-23-8-3-2-7-22(23)28-11-13-29(14-12-28)26(30)27-20-6-4-5-19(15-20)17-32-21-9-10-24-25(16-21)34-18-33-24/h2-10,15-16H,11-14,17-18H2,1H3,(H,27,30). The van der Waals surface area contributed by atoms with Crippen LogP contribution in [0.25, 0.3) is 0 Å². The minimum atomic E-state index is -0.103. The molecule has 3 aromatic rings. The quantitative estimate of drug-likeness (QED) is 0.588. The molecule has 34 heavy (non-hydrogen) atoms. The fourth-order valence-electron chi connectivity index (χ4n) is 4.12. The number of benzene rings is 3. The summed E-state index contributed by atoms with van der Waals surface area (Å²) in [6.07, 6.45) is 0. The zero-order chi connectivity index (χ0) is 23.3. The van der Waals surface area contributed by atoms with Gasteiger partial charge in [0.15, 0.2) is 11.5 Å². The largest absolute Gasteiger partial charge is 0.495 e. The molecule has 0 aliphatic carbocycles. The lowest BCUT2D eigenvalue weighted by Crippen LogP contribution is -2.50. The van der Waals surface area contributed by atoms with Crippen molar-refractivity contribution in [2.24, 2.45) is 0 Å². The van der Waals surface area contributed by atoms with E-state index >= 15 is 0 Å². The van der Waals surface area contributed by atoms with Gasteiger partial charge in [-0.2, -0.15) is 0 Å². The Bertz CT molecular complexity index is 1160. The number of methoxy groups -OCH3 is 1. The van der Waals surface area contributed by atoms with E-state index in [-0.39, 0.29) is 12.8 Å². The van der Waals surface area contributed by atoms with Crippen LogP contribution < -0.4 is 29.2 Å². The van der Waals surface area contributed by atoms with Crippen molar-refractivity contribution in [3.8, 4) is 23.0 Å². The molecular weight excluding hydrogens is 434 g/mol. The molecule has 2 aliphatic heterocycles. The van der Waals surface area contributed by atoms with Crippen LogP contribution in [0, 0.1) is 0 Å². The van der Waals surface area contributed by atoms with Gasteiger partial charge in [0.25, 0.3) is 0 Å². The minimum absolute atomic E-state index is 0.103. The van der Waals surface area contributed by atoms with Gasteiger partial charge in [-0.25, -0.2) is 4.79 Å². The van der Waals surface area contributed by atoms with Crippen LogP contribution >= 0.6 is 0 Å². The fourth-order valence-corrected chi connectivity index (χ4v) is 4.12. The molecule has 8 nitrogen and oxygen atoms in total. The predicted molar refractivity (Wildman–Crippen MR) is 129 cm³/mol. The second kappa shape index (κ2) is 9.82. The van der Waals surface area contributed by atoms with Crippen molar-refractivity contribution in [2.45, 2.75) is 6.61 Å². The summed E-state index contributed by atoms with van der Waals surface area (Å²) < 4.78 is 22.1. The molecule has 1 N–H and O–H groups in total. The number of rotatable bonds is 6. The van der Waals surface area contributed by atoms with Gasteiger partial charge in [-0.15, -0.1) is 0 Å². The number of urea groups is 1. The number of nitrogens with one attached hydrogen (secondary N) is 1. The number of hydrogen-bond donors (Lipinski definition) is 1. The van der Waals surface area contributed by atoms with Crippen molar-refractivity contribution in [3.63, 3.8) is 0 Å². The normalized spacial score (nSPS) is 14.6. The van der Waals surface area contributed by atoms with Gasteiger partial charge < -0.3 is 34.1 Å². The number of nitrogens with zero attached hydrogens (tertiary/aromatic N) is 2. The summed E-state index contributed by atoms with van der Waals surface area (Å²) in [5.41, 5.74) is 2.75. The average Bonchev–Trinajstić information content (AvgIpc) is 3.36. The number of piperazine rings is 1. The van der Waals surface area contributed by atoms with E-state index in [9.17, 15) is 4.79 Å². The molecule has 0 aromatic heterocycles. The molecule has 0 unspecified atom stereocenters. The molecule has 2 heterocycles. The molecule has 0 spiro atoms. The first-order valence-electron chi connectivity index (χ1n) is 11.2. The maximum Gasteiger partial charge on any atom is 0.321 e. The Balaban J connectivity index is 1.14. The molecular formula is C26H27N3O5. The van der Waals surface area contributed by atoms with Crippen molar-refractivity contribution in [1.29, 1.82) is 0 Å². The maximum atomic E-state index is 12.8. The smallest absolute Gasteiger partial charge is 0.321 e. The highest BCUT2D eigenvalue weighted by molar-refractivity contribution is 5.89. The highest BCUT2D eigenvalue weighted by Crippen LogP contribution is 2.35. The first-order chi connectivity index (χ1) is 16.7. The predicted octanol–water partition coefficient (Wildman–Crippen LogP) is 4.36. The van der Waals surface area contributed by atoms with Crippen LogP contribution in [0.15, 0.2) is 66.7 Å². The van der Waals surface area contributed by atoms with E-state index < -0.39 is 0 Å². The molecule has 0 radical (unpaired) electrons. The van der Waals surface area contributed by atoms with Crippen LogP contribution in [0.4, 0.5) is 16.2 Å². The topological polar surface area (TPSA) is 72.5 Å². The number of ether oxygens (including phenoxy) is 4. The fraction of sp³-hybridized carbons (Fsp3) is 0.269. The van der Waals surface area contributed by atoms with Gasteiger partial charge in [-0.3, -0.25) is 0 Å². The molecule has 0 atom stereocenters. The number of fused-ring (bicyclic) bond motifs is 1. The molecule has 5 rings (SSSR count). The monoisotopic (exact) mass is 461 g/mol. The molecule has 2 amide bonds. The van der Waals surface area contributed by atoms with E-state index in [2.05, 4.69) is 10.2 Å². The Morgan fingerprint density at radius 3 is 2.62 bits per heavy atom. The van der Waals surface area contributed by atoms with Crippen LogP contribution in [0.5, 0.6) is 23.0 Å². The van der Waals surface area contributed by atoms with E-state index in [4.69, 9.17) is 18.9 Å². The molecule has 0 bridgehead atoms. The van der Waals surface area contributed by atoms with Gasteiger partial charge in [0.2, 0.25) is 6.79 Å².